The van der Waals surface area contributed by atoms with Gasteiger partial charge in [0.1, 0.15) is 5.60 Å². The van der Waals surface area contributed by atoms with Crippen molar-refractivity contribution in [3.8, 4) is 0 Å². The summed E-state index contributed by atoms with van der Waals surface area (Å²) in [6.45, 7) is 7.82. The van der Waals surface area contributed by atoms with E-state index in [4.69, 9.17) is 4.74 Å². The summed E-state index contributed by atoms with van der Waals surface area (Å²) in [6, 6.07) is 9.66. The Morgan fingerprint density at radius 3 is 2.45 bits per heavy atom. The third-order valence-corrected chi connectivity index (χ3v) is 3.59. The van der Waals surface area contributed by atoms with Crippen molar-refractivity contribution < 1.29 is 14.6 Å². The molecule has 3 atom stereocenters. The van der Waals surface area contributed by atoms with Gasteiger partial charge in [0.25, 0.3) is 0 Å². The molecule has 0 spiro atoms. The number of benzene rings is 1. The molecular weight excluding hydrogens is 254 g/mol. The maximum atomic E-state index is 12.3. The molecule has 2 rings (SSSR count). The molecule has 0 radical (unpaired) electrons. The van der Waals surface area contributed by atoms with Gasteiger partial charge in [0.05, 0.1) is 18.7 Å². The maximum absolute atomic E-state index is 12.3. The van der Waals surface area contributed by atoms with Gasteiger partial charge in [-0.05, 0) is 26.3 Å². The van der Waals surface area contributed by atoms with Crippen molar-refractivity contribution in [3.63, 3.8) is 0 Å². The SMILES string of the molecule is C[C@@H]1C(c2ccccc2)N(C(=O)OC(C)(C)C)C[C@H]1O. The second-order valence-corrected chi connectivity index (χ2v) is 6.41. The highest BCUT2D eigenvalue weighted by Crippen LogP contribution is 2.37. The lowest BCUT2D eigenvalue weighted by Crippen LogP contribution is -2.37. The highest BCUT2D eigenvalue weighted by atomic mass is 16.6. The van der Waals surface area contributed by atoms with Crippen LogP contribution in [-0.4, -0.2) is 34.3 Å². The van der Waals surface area contributed by atoms with E-state index in [2.05, 4.69) is 0 Å². The first-order valence-corrected chi connectivity index (χ1v) is 7.02. The average Bonchev–Trinajstić information content (AvgIpc) is 2.65. The van der Waals surface area contributed by atoms with Crippen molar-refractivity contribution in [2.45, 2.75) is 45.4 Å². The van der Waals surface area contributed by atoms with Gasteiger partial charge >= 0.3 is 6.09 Å². The number of likely N-dealkylation sites (tertiary alicyclic amines) is 1. The van der Waals surface area contributed by atoms with Crippen LogP contribution in [0.3, 0.4) is 0 Å². The van der Waals surface area contributed by atoms with E-state index in [0.717, 1.165) is 5.56 Å². The van der Waals surface area contributed by atoms with E-state index in [9.17, 15) is 9.90 Å². The number of ether oxygens (including phenoxy) is 1. The van der Waals surface area contributed by atoms with Gasteiger partial charge in [0.15, 0.2) is 0 Å². The van der Waals surface area contributed by atoms with Crippen molar-refractivity contribution in [2.75, 3.05) is 6.54 Å². The molecule has 1 aromatic carbocycles. The summed E-state index contributed by atoms with van der Waals surface area (Å²) in [5.74, 6) is -0.00933. The van der Waals surface area contributed by atoms with Crippen LogP contribution in [0.2, 0.25) is 0 Å². The molecule has 0 aromatic heterocycles. The molecule has 0 bridgehead atoms. The van der Waals surface area contributed by atoms with E-state index in [1.165, 1.54) is 0 Å². The largest absolute Gasteiger partial charge is 0.444 e. The van der Waals surface area contributed by atoms with E-state index >= 15 is 0 Å². The number of aliphatic hydroxyl groups excluding tert-OH is 1. The standard InChI is InChI=1S/C16H23NO3/c1-11-13(18)10-17(15(19)20-16(2,3)4)14(11)12-8-6-5-7-9-12/h5-9,11,13-14,18H,10H2,1-4H3/t11-,13+,14?/m0/s1. The van der Waals surface area contributed by atoms with Crippen LogP contribution < -0.4 is 0 Å². The Morgan fingerprint density at radius 2 is 1.90 bits per heavy atom. The summed E-state index contributed by atoms with van der Waals surface area (Å²) < 4.78 is 5.45. The number of β-amino-alcohol motifs (C(OH)–C–C–N with tert-alkyl or cyclic N) is 1. The summed E-state index contributed by atoms with van der Waals surface area (Å²) >= 11 is 0. The lowest BCUT2D eigenvalue weighted by Gasteiger charge is -2.30. The molecule has 0 saturated carbocycles. The van der Waals surface area contributed by atoms with Crippen molar-refractivity contribution in [1.82, 2.24) is 4.90 Å². The van der Waals surface area contributed by atoms with Crippen LogP contribution in [0, 0.1) is 5.92 Å². The fraction of sp³-hybridized carbons (Fsp3) is 0.562. The molecule has 4 nitrogen and oxygen atoms in total. The van der Waals surface area contributed by atoms with Gasteiger partial charge in [-0.2, -0.15) is 0 Å². The van der Waals surface area contributed by atoms with Crippen molar-refractivity contribution in [3.05, 3.63) is 35.9 Å². The smallest absolute Gasteiger partial charge is 0.410 e. The Labute approximate surface area is 120 Å². The van der Waals surface area contributed by atoms with Gasteiger partial charge in [-0.3, -0.25) is 4.90 Å². The first kappa shape index (κ1) is 14.9. The normalized spacial score (nSPS) is 26.6. The Morgan fingerprint density at radius 1 is 1.30 bits per heavy atom. The highest BCUT2D eigenvalue weighted by Gasteiger charge is 2.42. The molecule has 1 saturated heterocycles. The van der Waals surface area contributed by atoms with Crippen molar-refractivity contribution in [1.29, 1.82) is 0 Å². The van der Waals surface area contributed by atoms with Gasteiger partial charge in [0, 0.05) is 5.92 Å². The molecule has 1 amide bonds. The summed E-state index contributed by atoms with van der Waals surface area (Å²) in [7, 11) is 0. The maximum Gasteiger partial charge on any atom is 0.410 e. The highest BCUT2D eigenvalue weighted by molar-refractivity contribution is 5.69. The Bertz CT molecular complexity index is 466. The molecule has 1 aromatic rings. The van der Waals surface area contributed by atoms with Crippen LogP contribution in [0.1, 0.15) is 39.3 Å². The number of aliphatic hydroxyl groups is 1. The number of amides is 1. The predicted molar refractivity (Wildman–Crippen MR) is 77.3 cm³/mol. The first-order chi connectivity index (χ1) is 9.29. The minimum atomic E-state index is -0.533. The number of carbonyl (C=O) groups excluding carboxylic acids is 1. The molecule has 0 aliphatic carbocycles. The molecule has 1 heterocycles. The van der Waals surface area contributed by atoms with E-state index < -0.39 is 11.7 Å². The number of hydrogen-bond acceptors (Lipinski definition) is 3. The summed E-state index contributed by atoms with van der Waals surface area (Å²) in [5, 5.41) is 10.1. The zero-order chi connectivity index (χ0) is 14.9. The molecule has 1 fully saturated rings. The Kier molecular flexibility index (Phi) is 4.04. The number of carbonyl (C=O) groups is 1. The zero-order valence-electron chi connectivity index (χ0n) is 12.5. The van der Waals surface area contributed by atoms with Gasteiger partial charge < -0.3 is 9.84 Å². The lowest BCUT2D eigenvalue weighted by atomic mass is 9.94. The van der Waals surface area contributed by atoms with Crippen LogP contribution in [0.15, 0.2) is 30.3 Å². The van der Waals surface area contributed by atoms with Crippen LogP contribution in [0.25, 0.3) is 0 Å². The number of nitrogens with zero attached hydrogens (tertiary/aromatic N) is 1. The molecular formula is C16H23NO3. The topological polar surface area (TPSA) is 49.8 Å². The second kappa shape index (κ2) is 5.44. The molecule has 1 N–H and O–H groups in total. The molecule has 1 aliphatic rings. The molecule has 4 heteroatoms. The lowest BCUT2D eigenvalue weighted by molar-refractivity contribution is 0.0200. The molecule has 20 heavy (non-hydrogen) atoms. The molecule has 110 valence electrons. The van der Waals surface area contributed by atoms with E-state index in [0.29, 0.717) is 6.54 Å². The van der Waals surface area contributed by atoms with Crippen LogP contribution >= 0.6 is 0 Å². The predicted octanol–water partition coefficient (Wildman–Crippen LogP) is 2.98. The van der Waals surface area contributed by atoms with Crippen molar-refractivity contribution in [2.24, 2.45) is 5.92 Å². The van der Waals surface area contributed by atoms with E-state index in [1.54, 1.807) is 4.90 Å². The quantitative estimate of drug-likeness (QED) is 0.858. The van der Waals surface area contributed by atoms with Gasteiger partial charge in [-0.15, -0.1) is 0 Å². The monoisotopic (exact) mass is 277 g/mol. The molecule has 1 unspecified atom stereocenters. The average molecular weight is 277 g/mol. The van der Waals surface area contributed by atoms with Gasteiger partial charge in [0.2, 0.25) is 0 Å². The van der Waals surface area contributed by atoms with E-state index in [1.807, 2.05) is 58.0 Å². The fourth-order valence-electron chi connectivity index (χ4n) is 2.62. The minimum Gasteiger partial charge on any atom is -0.444 e. The fourth-order valence-corrected chi connectivity index (χ4v) is 2.62. The summed E-state index contributed by atoms with van der Waals surface area (Å²) in [5.41, 5.74) is 0.497. The minimum absolute atomic E-state index is 0.00933. The van der Waals surface area contributed by atoms with Crippen LogP contribution in [-0.2, 0) is 4.74 Å². The van der Waals surface area contributed by atoms with Gasteiger partial charge in [-0.25, -0.2) is 4.79 Å². The molecule has 1 aliphatic heterocycles. The van der Waals surface area contributed by atoms with Crippen LogP contribution in [0.4, 0.5) is 4.79 Å². The van der Waals surface area contributed by atoms with Crippen molar-refractivity contribution >= 4 is 6.09 Å². The third kappa shape index (κ3) is 3.12. The Hall–Kier alpha value is -1.55. The Balaban J connectivity index is 2.25. The summed E-state index contributed by atoms with van der Waals surface area (Å²) in [6.07, 6.45) is -0.887. The zero-order valence-corrected chi connectivity index (χ0v) is 12.5. The second-order valence-electron chi connectivity index (χ2n) is 6.41. The van der Waals surface area contributed by atoms with E-state index in [-0.39, 0.29) is 18.1 Å². The third-order valence-electron chi connectivity index (χ3n) is 3.59. The van der Waals surface area contributed by atoms with Crippen LogP contribution in [0.5, 0.6) is 0 Å². The van der Waals surface area contributed by atoms with Gasteiger partial charge in [-0.1, -0.05) is 37.3 Å². The first-order valence-electron chi connectivity index (χ1n) is 7.02. The number of hydrogen-bond donors (Lipinski definition) is 1. The summed E-state index contributed by atoms with van der Waals surface area (Å²) in [4.78, 5) is 14.0. The number of rotatable bonds is 1.